The zero-order valence-electron chi connectivity index (χ0n) is 50.2. The second-order valence-electron chi connectivity index (χ2n) is 16.8. The summed E-state index contributed by atoms with van der Waals surface area (Å²) in [7, 11) is 0. The van der Waals surface area contributed by atoms with Gasteiger partial charge in [-0.3, -0.25) is 131 Å². The molecule has 2 saturated carbocycles. The number of aromatic nitrogens is 3. The highest BCUT2D eigenvalue weighted by atomic mass is 17.4. The summed E-state index contributed by atoms with van der Waals surface area (Å²) in [5.41, 5.74) is 8.69. The number of aliphatic hydroxyl groups excluding tert-OH is 10. The lowest BCUT2D eigenvalue weighted by molar-refractivity contribution is -0.465. The number of hydrogen-bond acceptors (Lipinski definition) is 49. The van der Waals surface area contributed by atoms with Crippen LogP contribution < -0.4 is 0 Å². The lowest BCUT2D eigenvalue weighted by Crippen LogP contribution is -2.59. The summed E-state index contributed by atoms with van der Waals surface area (Å²) in [6.07, 6.45) is 7.61. The Kier molecular flexibility index (Phi) is 128. The average molecular weight is 1430 g/mol. The number of terminal acetylenes is 1. The predicted molar refractivity (Wildman–Crippen MR) is 302 cm³/mol. The molecule has 52 nitrogen and oxygen atoms in total. The van der Waals surface area contributed by atoms with Crippen LogP contribution in [0.1, 0.15) is 95.6 Å². The van der Waals surface area contributed by atoms with Gasteiger partial charge < -0.3 is 79.5 Å². The van der Waals surface area contributed by atoms with Crippen LogP contribution in [0.25, 0.3) is 10.4 Å². The number of nitrogens with zero attached hydrogens (tertiary/aromatic N) is 6. The van der Waals surface area contributed by atoms with Crippen LogP contribution in [0.3, 0.4) is 0 Å². The highest BCUT2D eigenvalue weighted by molar-refractivity contribution is 4.92. The second-order valence-corrected chi connectivity index (χ2v) is 16.8. The number of unbranched alkanes of at least 4 members (excludes halogenated alkanes) is 8. The Morgan fingerprint density at radius 2 is 0.819 bits per heavy atom. The molecule has 0 spiro atoms. The summed E-state index contributed by atoms with van der Waals surface area (Å²) in [6, 6.07) is 0. The summed E-state index contributed by atoms with van der Waals surface area (Å²) in [6.45, 7) is 3.08. The van der Waals surface area contributed by atoms with E-state index in [-0.39, 0.29) is 24.0 Å². The lowest BCUT2D eigenvalue weighted by atomic mass is 9.82. The van der Waals surface area contributed by atoms with Crippen LogP contribution in [0.4, 0.5) is 0 Å². The number of hydrogen-bond donors (Lipinski definition) is 38. The Morgan fingerprint density at radius 1 is 0.489 bits per heavy atom. The molecule has 14 unspecified atom stereocenters. The maximum absolute atomic E-state index is 9.92. The number of azide groups is 1. The first-order chi connectivity index (χ1) is 45.8. The van der Waals surface area contributed by atoms with Gasteiger partial charge in [-0.1, -0.05) is 64.8 Å². The Labute approximate surface area is 532 Å². The van der Waals surface area contributed by atoms with Gasteiger partial charge >= 0.3 is 0 Å². The fourth-order valence-electron chi connectivity index (χ4n) is 7.19. The quantitative estimate of drug-likeness (QED) is 0.0104. The maximum Gasteiger partial charge on any atom is 0.186 e. The molecule has 38 N–H and O–H groups in total. The molecule has 0 aromatic carbocycles. The van der Waals surface area contributed by atoms with Crippen LogP contribution in [0.2, 0.25) is 0 Å². The molecule has 1 aromatic rings. The minimum atomic E-state index is -1.41. The summed E-state index contributed by atoms with van der Waals surface area (Å²) in [5.74, 6) is 2.94. The molecule has 3 heterocycles. The predicted octanol–water partition coefficient (Wildman–Crippen LogP) is -0.0898. The normalized spacial score (nSPS) is 23.0. The lowest BCUT2D eigenvalue weighted by Gasteiger charge is -2.39. The van der Waals surface area contributed by atoms with Gasteiger partial charge in [0.1, 0.15) is 61.1 Å². The summed E-state index contributed by atoms with van der Waals surface area (Å²) in [4.78, 5) is 2.61. The van der Waals surface area contributed by atoms with E-state index < -0.39 is 74.6 Å². The molecule has 94 heavy (non-hydrogen) atoms. The van der Waals surface area contributed by atoms with Gasteiger partial charge in [-0.2, -0.15) is 0 Å². The molecule has 14 atom stereocenters. The van der Waals surface area contributed by atoms with Gasteiger partial charge in [0.2, 0.25) is 0 Å². The van der Waals surface area contributed by atoms with Crippen molar-refractivity contribution in [2.45, 2.75) is 177 Å². The molecule has 2 aliphatic heterocycles. The molecule has 5 rings (SSSR count). The van der Waals surface area contributed by atoms with E-state index in [4.69, 9.17) is 198 Å². The first kappa shape index (κ1) is 117. The minimum absolute atomic E-state index is 0.210. The maximum atomic E-state index is 9.92. The van der Waals surface area contributed by atoms with E-state index in [2.05, 4.69) is 36.3 Å². The average Bonchev–Trinajstić information content (AvgIpc) is 0.992. The highest BCUT2D eigenvalue weighted by Crippen LogP contribution is 2.29. The number of ether oxygens (including phenoxy) is 6. The fourth-order valence-corrected chi connectivity index (χ4v) is 7.19. The van der Waals surface area contributed by atoms with E-state index >= 15 is 0 Å². The van der Waals surface area contributed by atoms with Gasteiger partial charge in [0.15, 0.2) is 12.6 Å². The van der Waals surface area contributed by atoms with Crippen LogP contribution >= 0.6 is 0 Å². The topological polar surface area (TPSA) is 922 Å². The van der Waals surface area contributed by atoms with Gasteiger partial charge in [-0.15, -0.1) is 11.5 Å². The van der Waals surface area contributed by atoms with Crippen molar-refractivity contribution in [2.24, 2.45) is 17.0 Å². The third-order valence-corrected chi connectivity index (χ3v) is 11.7. The molecular formula is C42H102N6O46. The van der Waals surface area contributed by atoms with Crippen molar-refractivity contribution < 1.29 is 237 Å². The molecule has 4 aliphatic rings. The molecule has 4 fully saturated rings. The number of aliphatic hydroxyl groups is 10. The molecule has 0 radical (unpaired) electrons. The van der Waals surface area contributed by atoms with Crippen LogP contribution in [-0.2, 0) is 51.6 Å². The Bertz CT molecular complexity index is 1530. The van der Waals surface area contributed by atoms with Crippen molar-refractivity contribution in [2.75, 3.05) is 52.8 Å². The molecule has 576 valence electrons. The van der Waals surface area contributed by atoms with Crippen LogP contribution in [0.5, 0.6) is 0 Å². The second kappa shape index (κ2) is 103. The van der Waals surface area contributed by atoms with Crippen LogP contribution in [0.15, 0.2) is 11.3 Å². The van der Waals surface area contributed by atoms with Gasteiger partial charge in [-0.25, -0.2) is 21.0 Å². The smallest absolute Gasteiger partial charge is 0.186 e. The van der Waals surface area contributed by atoms with Gasteiger partial charge in [0, 0.05) is 50.3 Å². The standard InChI is InChI=1S/C21H37N3O8.C16H28O7.C5H9N3O.2H2O3.12H2O2/c25-12-17-18(27)19(28)20(29)21(32-17)31-9-5-3-1-2-4-8-30-13-15-11-24(23-22-15)10-14-6-7-16(14)26;1-2-8-21-9-6-4-3-5-7-10-22-16-15(20)14(19)13(18)12(11-17)23-16;6-8-7-3-4-1-2-5(4)9;2*1-3-2;12*1-2/h11,14,16-21,25-29H,1-10,12-13H2;1,12-20H,3-11H2;4-5,9H,1-3H2;2*1-2H;12*1-2H. The van der Waals surface area contributed by atoms with Crippen LogP contribution in [0, 0.1) is 24.2 Å². The third-order valence-electron chi connectivity index (χ3n) is 11.7. The third kappa shape index (κ3) is 66.8. The zero-order valence-corrected chi connectivity index (χ0v) is 50.2. The number of rotatable bonds is 27. The highest BCUT2D eigenvalue weighted by Gasteiger charge is 2.45. The van der Waals surface area contributed by atoms with Crippen molar-refractivity contribution in [3.63, 3.8) is 0 Å². The Hall–Kier alpha value is -3.83. The molecule has 0 amide bonds. The van der Waals surface area contributed by atoms with Gasteiger partial charge in [0.05, 0.1) is 38.2 Å². The first-order valence-electron chi connectivity index (χ1n) is 25.8. The van der Waals surface area contributed by atoms with E-state index in [1.165, 1.54) is 0 Å². The van der Waals surface area contributed by atoms with Crippen molar-refractivity contribution in [1.29, 1.82) is 0 Å². The monoisotopic (exact) mass is 1430 g/mol. The Balaban J connectivity index is -0.0000000945. The minimum Gasteiger partial charge on any atom is -0.394 e. The summed E-state index contributed by atoms with van der Waals surface area (Å²) < 4.78 is 34.0. The molecule has 1 aromatic heterocycles. The zero-order chi connectivity index (χ0) is 76.1. The Morgan fingerprint density at radius 3 is 1.12 bits per heavy atom. The summed E-state index contributed by atoms with van der Waals surface area (Å²) >= 11 is 0. The van der Waals surface area contributed by atoms with Crippen molar-refractivity contribution >= 4 is 0 Å². The van der Waals surface area contributed by atoms with Crippen molar-refractivity contribution in [3.05, 3.63) is 22.3 Å². The van der Waals surface area contributed by atoms with E-state index in [9.17, 15) is 40.9 Å². The van der Waals surface area contributed by atoms with Crippen LogP contribution in [-0.4, -0.2) is 340 Å². The molecule has 2 aliphatic carbocycles. The van der Waals surface area contributed by atoms with Crippen molar-refractivity contribution in [1.82, 2.24) is 15.0 Å². The SMILES string of the molecule is C#CCOCCCCCCCOC1OC(CO)C(O)C(O)C1O.OCC1OC(OCCCCCCCOCc2cn(CC3CCC3O)nn2)C(O)C(O)C1O.OO.OO.OO.OO.OO.OO.OO.OO.OO.OO.OO.OO.OOO.OOO.[N-]=[N+]=NCC1CCC1O. The largest absolute Gasteiger partial charge is 0.394 e. The van der Waals surface area contributed by atoms with Crippen molar-refractivity contribution in [3.8, 4) is 12.3 Å². The first-order valence-corrected chi connectivity index (χ1v) is 25.8. The molecule has 52 heteroatoms. The van der Waals surface area contributed by atoms with E-state index in [1.807, 2.05) is 6.20 Å². The van der Waals surface area contributed by atoms with Gasteiger partial charge in [-0.05, 0) is 62.8 Å². The summed E-state index contributed by atoms with van der Waals surface area (Å²) in [5, 5.41) is 282. The fraction of sp³-hybridized carbons (Fsp3) is 0.905. The van der Waals surface area contributed by atoms with Gasteiger partial charge in [0.25, 0.3) is 0 Å². The van der Waals surface area contributed by atoms with E-state index in [0.29, 0.717) is 52.7 Å². The molecular weight excluding hydrogens is 1320 g/mol. The van der Waals surface area contributed by atoms with E-state index in [1.54, 1.807) is 4.68 Å². The molecule has 2 saturated heterocycles. The molecule has 0 bridgehead atoms. The van der Waals surface area contributed by atoms with E-state index in [0.717, 1.165) is 95.6 Å².